The molecule has 2 nitrogen and oxygen atoms in total. The molecule has 0 unspecified atom stereocenters. The van der Waals surface area contributed by atoms with E-state index in [-0.39, 0.29) is 5.41 Å². The van der Waals surface area contributed by atoms with Crippen LogP contribution in [0, 0.1) is 0 Å². The number of hydrogen-bond acceptors (Lipinski definition) is 3. The number of hydrogen-bond donors (Lipinski definition) is 0. The van der Waals surface area contributed by atoms with Gasteiger partial charge in [0.25, 0.3) is 0 Å². The van der Waals surface area contributed by atoms with E-state index >= 15 is 0 Å². The number of anilines is 3. The molecule has 2 heterocycles. The summed E-state index contributed by atoms with van der Waals surface area (Å²) < 4.78 is 9.31. The molecule has 0 saturated heterocycles. The summed E-state index contributed by atoms with van der Waals surface area (Å²) in [6.07, 6.45) is 0. The molecule has 58 heavy (non-hydrogen) atoms. The maximum Gasteiger partial charge on any atom is 0.143 e. The first-order valence-corrected chi connectivity index (χ1v) is 20.8. The van der Waals surface area contributed by atoms with Crippen LogP contribution in [0.5, 0.6) is 0 Å². The Morgan fingerprint density at radius 3 is 1.90 bits per heavy atom. The van der Waals surface area contributed by atoms with E-state index in [0.29, 0.717) is 0 Å². The van der Waals surface area contributed by atoms with E-state index in [2.05, 4.69) is 207 Å². The second-order valence-electron chi connectivity index (χ2n) is 16.1. The van der Waals surface area contributed by atoms with E-state index in [9.17, 15) is 0 Å². The van der Waals surface area contributed by atoms with Gasteiger partial charge in [0.2, 0.25) is 0 Å². The minimum Gasteiger partial charge on any atom is -0.455 e. The Morgan fingerprint density at radius 2 is 1.05 bits per heavy atom. The van der Waals surface area contributed by atoms with Gasteiger partial charge in [0, 0.05) is 58.7 Å². The zero-order valence-corrected chi connectivity index (χ0v) is 33.0. The Bertz CT molecular complexity index is 3420. The monoisotopic (exact) mass is 759 g/mol. The quantitative estimate of drug-likeness (QED) is 0.174. The van der Waals surface area contributed by atoms with Gasteiger partial charge < -0.3 is 9.32 Å². The maximum absolute atomic E-state index is 6.74. The number of nitrogens with zero attached hydrogens (tertiary/aromatic N) is 1. The van der Waals surface area contributed by atoms with Crippen molar-refractivity contribution >= 4 is 81.3 Å². The highest BCUT2D eigenvalue weighted by Crippen LogP contribution is 2.50. The lowest BCUT2D eigenvalue weighted by Crippen LogP contribution is -2.14. The van der Waals surface area contributed by atoms with Crippen molar-refractivity contribution in [1.29, 1.82) is 0 Å². The first kappa shape index (κ1) is 33.2. The van der Waals surface area contributed by atoms with Gasteiger partial charge in [-0.15, -0.1) is 11.3 Å². The van der Waals surface area contributed by atoms with Gasteiger partial charge in [0.1, 0.15) is 11.2 Å². The molecule has 0 saturated carbocycles. The average molecular weight is 760 g/mol. The van der Waals surface area contributed by atoms with Crippen LogP contribution in [0.2, 0.25) is 0 Å². The molecule has 0 spiro atoms. The van der Waals surface area contributed by atoms with E-state index in [1.807, 2.05) is 11.3 Å². The highest BCUT2D eigenvalue weighted by molar-refractivity contribution is 7.26. The summed E-state index contributed by atoms with van der Waals surface area (Å²) in [5.41, 5.74) is 15.3. The molecule has 0 amide bonds. The van der Waals surface area contributed by atoms with Crippen LogP contribution in [-0.4, -0.2) is 0 Å². The minimum atomic E-state index is -0.00925. The Hall–Kier alpha value is -6.94. The van der Waals surface area contributed by atoms with Gasteiger partial charge in [-0.3, -0.25) is 0 Å². The summed E-state index contributed by atoms with van der Waals surface area (Å²) in [6, 6.07) is 68.8. The Balaban J connectivity index is 0.982. The number of thiophene rings is 1. The van der Waals surface area contributed by atoms with E-state index in [1.54, 1.807) is 0 Å². The Labute approximate surface area is 340 Å². The van der Waals surface area contributed by atoms with E-state index in [1.165, 1.54) is 58.9 Å². The minimum absolute atomic E-state index is 0.00925. The molecule has 12 rings (SSSR count). The standard InChI is InChI=1S/C55H37NOS/c1-55(2)47-17-7-5-13-42(47)46-33-37(26-32-48(46)55)34-21-27-38(28-22-34)56(49-18-10-20-51-52(49)45-14-6-8-19-50(45)58-51)39-29-23-36(24-30-39)41-15-9-16-43-44-31-25-35-11-3-4-12-40(35)54(44)57-53(41)43/h3-33H,1-2H3. The van der Waals surface area contributed by atoms with Crippen LogP contribution in [0.1, 0.15) is 25.0 Å². The van der Waals surface area contributed by atoms with Crippen LogP contribution in [0.3, 0.4) is 0 Å². The fraction of sp³-hybridized carbons (Fsp3) is 0.0545. The van der Waals surface area contributed by atoms with E-state index in [4.69, 9.17) is 4.42 Å². The molecule has 0 N–H and O–H groups in total. The summed E-state index contributed by atoms with van der Waals surface area (Å²) in [5.74, 6) is 0. The molecular weight excluding hydrogens is 723 g/mol. The van der Waals surface area contributed by atoms with Gasteiger partial charge in [-0.2, -0.15) is 0 Å². The first-order chi connectivity index (χ1) is 28.5. The Kier molecular flexibility index (Phi) is 7.18. The lowest BCUT2D eigenvalue weighted by Gasteiger charge is -2.27. The fourth-order valence-corrected chi connectivity index (χ4v) is 10.7. The molecular formula is C55H37NOS. The molecule has 0 radical (unpaired) electrons. The van der Waals surface area contributed by atoms with Gasteiger partial charge >= 0.3 is 0 Å². The van der Waals surface area contributed by atoms with Crippen LogP contribution in [0.25, 0.3) is 86.3 Å². The fourth-order valence-electron chi connectivity index (χ4n) is 9.62. The highest BCUT2D eigenvalue weighted by atomic mass is 32.1. The smallest absolute Gasteiger partial charge is 0.143 e. The summed E-state index contributed by atoms with van der Waals surface area (Å²) in [4.78, 5) is 2.42. The van der Waals surface area contributed by atoms with Gasteiger partial charge in [-0.25, -0.2) is 0 Å². The third-order valence-electron chi connectivity index (χ3n) is 12.5. The molecule has 3 heteroatoms. The number of fused-ring (bicyclic) bond motifs is 11. The summed E-state index contributed by atoms with van der Waals surface area (Å²) in [6.45, 7) is 4.68. The van der Waals surface area contributed by atoms with Crippen molar-refractivity contribution in [3.63, 3.8) is 0 Å². The third kappa shape index (κ3) is 4.90. The Morgan fingerprint density at radius 1 is 0.431 bits per heavy atom. The largest absolute Gasteiger partial charge is 0.455 e. The van der Waals surface area contributed by atoms with Gasteiger partial charge in [0.05, 0.1) is 5.69 Å². The maximum atomic E-state index is 6.74. The summed E-state index contributed by atoms with van der Waals surface area (Å²) in [5, 5.41) is 7.16. The van der Waals surface area contributed by atoms with Gasteiger partial charge in [-0.1, -0.05) is 147 Å². The zero-order valence-electron chi connectivity index (χ0n) is 32.2. The number of benzene rings is 9. The number of para-hydroxylation sites is 1. The van der Waals surface area contributed by atoms with Crippen molar-refractivity contribution in [2.75, 3.05) is 4.90 Å². The number of rotatable bonds is 5. The van der Waals surface area contributed by atoms with Crippen LogP contribution in [-0.2, 0) is 5.41 Å². The van der Waals surface area contributed by atoms with Crippen molar-refractivity contribution in [2.45, 2.75) is 19.3 Å². The molecule has 0 bridgehead atoms. The summed E-state index contributed by atoms with van der Waals surface area (Å²) >= 11 is 1.85. The van der Waals surface area contributed by atoms with Gasteiger partial charge in [-0.05, 0) is 98.9 Å². The molecule has 9 aromatic carbocycles. The predicted octanol–water partition coefficient (Wildman–Crippen LogP) is 16.2. The molecule has 274 valence electrons. The normalized spacial score (nSPS) is 13.1. The van der Waals surface area contributed by atoms with Crippen LogP contribution >= 0.6 is 11.3 Å². The van der Waals surface area contributed by atoms with Crippen LogP contribution < -0.4 is 4.90 Å². The van der Waals surface area contributed by atoms with Gasteiger partial charge in [0.15, 0.2) is 0 Å². The van der Waals surface area contributed by atoms with Crippen molar-refractivity contribution in [3.05, 3.63) is 199 Å². The average Bonchev–Trinajstić information content (AvgIpc) is 3.93. The van der Waals surface area contributed by atoms with Crippen molar-refractivity contribution in [2.24, 2.45) is 0 Å². The molecule has 11 aromatic rings. The first-order valence-electron chi connectivity index (χ1n) is 20.0. The van der Waals surface area contributed by atoms with Crippen molar-refractivity contribution < 1.29 is 4.42 Å². The molecule has 0 fully saturated rings. The lowest BCUT2D eigenvalue weighted by molar-refractivity contribution is 0.660. The van der Waals surface area contributed by atoms with E-state index < -0.39 is 0 Å². The van der Waals surface area contributed by atoms with Crippen molar-refractivity contribution in [3.8, 4) is 33.4 Å². The molecule has 0 atom stereocenters. The second-order valence-corrected chi connectivity index (χ2v) is 17.1. The van der Waals surface area contributed by atoms with Crippen LogP contribution in [0.4, 0.5) is 17.1 Å². The molecule has 0 aliphatic heterocycles. The summed E-state index contributed by atoms with van der Waals surface area (Å²) in [7, 11) is 0. The highest BCUT2D eigenvalue weighted by Gasteiger charge is 2.35. The van der Waals surface area contributed by atoms with Crippen LogP contribution in [0.15, 0.2) is 192 Å². The van der Waals surface area contributed by atoms with E-state index in [0.717, 1.165) is 55.5 Å². The molecule has 1 aliphatic carbocycles. The second kappa shape index (κ2) is 12.5. The molecule has 2 aromatic heterocycles. The lowest BCUT2D eigenvalue weighted by atomic mass is 9.82. The predicted molar refractivity (Wildman–Crippen MR) is 247 cm³/mol. The third-order valence-corrected chi connectivity index (χ3v) is 13.6. The number of furan rings is 1. The van der Waals surface area contributed by atoms with Crippen molar-refractivity contribution in [1.82, 2.24) is 0 Å². The SMILES string of the molecule is CC1(C)c2ccccc2-c2cc(-c3ccc(N(c4ccc(-c5cccc6c5oc5c7ccccc7ccc65)cc4)c4cccc5sc6ccccc6c45)cc3)ccc21. The zero-order chi connectivity index (χ0) is 38.5. The topological polar surface area (TPSA) is 16.4 Å². The molecule has 1 aliphatic rings.